The van der Waals surface area contributed by atoms with Gasteiger partial charge in [-0.25, -0.2) is 0 Å². The number of methoxy groups -OCH3 is 1. The Morgan fingerprint density at radius 1 is 1.12 bits per heavy atom. The normalized spacial score (nSPS) is 10.6. The Hall–Kier alpha value is -4.10. The maximum Gasteiger partial charge on any atom is 0.236 e. The highest BCUT2D eigenvalue weighted by Crippen LogP contribution is 2.31. The highest BCUT2D eigenvalue weighted by Gasteiger charge is 2.21. The minimum atomic E-state index is -0.272. The fraction of sp³-hybridized carbons (Fsp3) is 0.174. The predicted octanol–water partition coefficient (Wildman–Crippen LogP) is 3.68. The molecule has 0 aliphatic heterocycles. The molecule has 4 aromatic rings. The van der Waals surface area contributed by atoms with Gasteiger partial charge in [0.1, 0.15) is 17.6 Å². The first-order valence-electron chi connectivity index (χ1n) is 10.1. The van der Waals surface area contributed by atoms with E-state index < -0.39 is 0 Å². The van der Waals surface area contributed by atoms with Crippen LogP contribution in [-0.2, 0) is 4.79 Å². The summed E-state index contributed by atoms with van der Waals surface area (Å²) >= 11 is 1.21. The zero-order valence-electron chi connectivity index (χ0n) is 18.3. The highest BCUT2D eigenvalue weighted by atomic mass is 32.2. The summed E-state index contributed by atoms with van der Waals surface area (Å²) in [4.78, 5) is 12.9. The third kappa shape index (κ3) is 4.44. The summed E-state index contributed by atoms with van der Waals surface area (Å²) in [7, 11) is 1.60. The van der Waals surface area contributed by atoms with Crippen molar-refractivity contribution in [1.82, 2.24) is 24.8 Å². The molecule has 1 N–H and O–H groups in total. The molecule has 0 aliphatic carbocycles. The van der Waals surface area contributed by atoms with Crippen molar-refractivity contribution in [2.24, 2.45) is 0 Å². The number of benzene rings is 2. The molecule has 9 nitrogen and oxygen atoms in total. The number of ether oxygens (including phenoxy) is 1. The van der Waals surface area contributed by atoms with Crippen molar-refractivity contribution in [3.63, 3.8) is 0 Å². The van der Waals surface area contributed by atoms with Crippen LogP contribution >= 0.6 is 11.8 Å². The van der Waals surface area contributed by atoms with Gasteiger partial charge in [0.2, 0.25) is 11.1 Å². The Labute approximate surface area is 195 Å². The molecule has 2 aromatic carbocycles. The first-order chi connectivity index (χ1) is 16.0. The summed E-state index contributed by atoms with van der Waals surface area (Å²) < 4.78 is 8.68. The lowest BCUT2D eigenvalue weighted by Crippen LogP contribution is -2.18. The number of nitriles is 1. The molecule has 1 amide bonds. The SMILES string of the molecule is COc1ccc(-n2c(C)c(C)c(C#N)c2NC(=O)CSc2nnnn2-c2ccccc2)cc1. The standard InChI is InChI=1S/C23H21N7O2S/c1-15-16(2)29(17-9-11-19(32-3)12-10-17)22(20(15)13-24)25-21(31)14-33-23-26-27-28-30(23)18-7-5-4-6-8-18/h4-12H,14H2,1-3H3,(H,25,31). The summed E-state index contributed by atoms with van der Waals surface area (Å²) in [5, 5.41) is 24.9. The number of hydrogen-bond acceptors (Lipinski definition) is 7. The fourth-order valence-electron chi connectivity index (χ4n) is 3.41. The predicted molar refractivity (Wildman–Crippen MR) is 125 cm³/mol. The van der Waals surface area contributed by atoms with E-state index in [9.17, 15) is 10.1 Å². The summed E-state index contributed by atoms with van der Waals surface area (Å²) in [6.07, 6.45) is 0. The molecule has 0 radical (unpaired) electrons. The number of nitrogens with zero attached hydrogens (tertiary/aromatic N) is 6. The number of para-hydroxylation sites is 1. The minimum absolute atomic E-state index is 0.0734. The van der Waals surface area contributed by atoms with Crippen LogP contribution in [0.3, 0.4) is 0 Å². The number of hydrogen-bond donors (Lipinski definition) is 1. The maximum atomic E-state index is 12.9. The summed E-state index contributed by atoms with van der Waals surface area (Å²) in [5.74, 6) is 0.959. The van der Waals surface area contributed by atoms with Gasteiger partial charge < -0.3 is 10.1 Å². The van der Waals surface area contributed by atoms with E-state index >= 15 is 0 Å². The largest absolute Gasteiger partial charge is 0.497 e. The Morgan fingerprint density at radius 2 is 1.85 bits per heavy atom. The Morgan fingerprint density at radius 3 is 2.52 bits per heavy atom. The van der Waals surface area contributed by atoms with Crippen molar-refractivity contribution in [2.45, 2.75) is 19.0 Å². The van der Waals surface area contributed by atoms with E-state index in [1.165, 1.54) is 11.8 Å². The molecule has 0 saturated heterocycles. The van der Waals surface area contributed by atoms with Gasteiger partial charge in [-0.15, -0.1) is 5.10 Å². The average Bonchev–Trinajstić information content (AvgIpc) is 3.41. The Balaban J connectivity index is 1.57. The zero-order valence-corrected chi connectivity index (χ0v) is 19.1. The molecule has 2 aromatic heterocycles. The Bertz CT molecular complexity index is 1320. The van der Waals surface area contributed by atoms with Crippen LogP contribution in [0.25, 0.3) is 11.4 Å². The van der Waals surface area contributed by atoms with Gasteiger partial charge in [0.05, 0.1) is 24.1 Å². The van der Waals surface area contributed by atoms with Crippen molar-refractivity contribution in [2.75, 3.05) is 18.2 Å². The van der Waals surface area contributed by atoms with Gasteiger partial charge in [-0.1, -0.05) is 30.0 Å². The molecule has 0 saturated carbocycles. The van der Waals surface area contributed by atoms with Crippen molar-refractivity contribution in [3.8, 4) is 23.2 Å². The van der Waals surface area contributed by atoms with Gasteiger partial charge in [-0.3, -0.25) is 9.36 Å². The van der Waals surface area contributed by atoms with Gasteiger partial charge in [0.15, 0.2) is 0 Å². The number of anilines is 1. The van der Waals surface area contributed by atoms with E-state index in [4.69, 9.17) is 4.74 Å². The molecule has 0 spiro atoms. The van der Waals surface area contributed by atoms with E-state index in [0.717, 1.165) is 28.4 Å². The van der Waals surface area contributed by atoms with Crippen LogP contribution in [-0.4, -0.2) is 43.5 Å². The summed E-state index contributed by atoms with van der Waals surface area (Å²) in [5.41, 5.74) is 3.72. The smallest absolute Gasteiger partial charge is 0.236 e. The van der Waals surface area contributed by atoms with Gasteiger partial charge in [-0.05, 0) is 66.2 Å². The monoisotopic (exact) mass is 459 g/mol. The lowest BCUT2D eigenvalue weighted by atomic mass is 10.2. The van der Waals surface area contributed by atoms with E-state index in [1.54, 1.807) is 11.8 Å². The molecule has 0 atom stereocenters. The third-order valence-corrected chi connectivity index (χ3v) is 6.11. The summed E-state index contributed by atoms with van der Waals surface area (Å²) in [6, 6.07) is 19.1. The van der Waals surface area contributed by atoms with Crippen LogP contribution in [0.4, 0.5) is 5.82 Å². The lowest BCUT2D eigenvalue weighted by molar-refractivity contribution is -0.113. The highest BCUT2D eigenvalue weighted by molar-refractivity contribution is 7.99. The van der Waals surface area contributed by atoms with Crippen LogP contribution in [0.1, 0.15) is 16.8 Å². The molecule has 0 fully saturated rings. The van der Waals surface area contributed by atoms with Crippen LogP contribution in [0.5, 0.6) is 5.75 Å². The molecule has 4 rings (SSSR count). The van der Waals surface area contributed by atoms with Gasteiger partial charge in [0.25, 0.3) is 0 Å². The average molecular weight is 460 g/mol. The number of tetrazole rings is 1. The lowest BCUT2D eigenvalue weighted by Gasteiger charge is -2.13. The van der Waals surface area contributed by atoms with Crippen molar-refractivity contribution in [1.29, 1.82) is 5.26 Å². The number of rotatable bonds is 7. The third-order valence-electron chi connectivity index (χ3n) is 5.19. The molecule has 10 heteroatoms. The molecule has 0 bridgehead atoms. The molecule has 0 aliphatic rings. The number of carbonyl (C=O) groups excluding carboxylic acids is 1. The molecule has 0 unspecified atom stereocenters. The maximum absolute atomic E-state index is 12.9. The Kier molecular flexibility index (Phi) is 6.42. The van der Waals surface area contributed by atoms with Crippen molar-refractivity contribution in [3.05, 3.63) is 71.4 Å². The van der Waals surface area contributed by atoms with Crippen LogP contribution in [0.2, 0.25) is 0 Å². The van der Waals surface area contributed by atoms with E-state index in [0.29, 0.717) is 16.5 Å². The van der Waals surface area contributed by atoms with E-state index in [-0.39, 0.29) is 11.7 Å². The second-order valence-electron chi connectivity index (χ2n) is 7.12. The van der Waals surface area contributed by atoms with Crippen LogP contribution in [0, 0.1) is 25.2 Å². The van der Waals surface area contributed by atoms with Gasteiger partial charge in [0, 0.05) is 11.4 Å². The number of aromatic nitrogens is 5. The number of carbonyl (C=O) groups is 1. The molecular weight excluding hydrogens is 438 g/mol. The molecule has 166 valence electrons. The van der Waals surface area contributed by atoms with Crippen LogP contribution in [0.15, 0.2) is 59.8 Å². The first-order valence-corrected chi connectivity index (χ1v) is 11.0. The van der Waals surface area contributed by atoms with E-state index in [2.05, 4.69) is 26.9 Å². The van der Waals surface area contributed by atoms with Crippen LogP contribution < -0.4 is 10.1 Å². The topological polar surface area (TPSA) is 111 Å². The second kappa shape index (κ2) is 9.58. The quantitative estimate of drug-likeness (QED) is 0.420. The molecule has 2 heterocycles. The number of thioether (sulfide) groups is 1. The molecular formula is C23H21N7O2S. The minimum Gasteiger partial charge on any atom is -0.497 e. The van der Waals surface area contributed by atoms with Crippen molar-refractivity contribution < 1.29 is 9.53 Å². The zero-order chi connectivity index (χ0) is 23.4. The number of nitrogens with one attached hydrogen (secondary N) is 1. The van der Waals surface area contributed by atoms with Gasteiger partial charge in [-0.2, -0.15) is 9.94 Å². The van der Waals surface area contributed by atoms with Gasteiger partial charge >= 0.3 is 0 Å². The molecule has 33 heavy (non-hydrogen) atoms. The summed E-state index contributed by atoms with van der Waals surface area (Å²) in [6.45, 7) is 3.78. The fourth-order valence-corrected chi connectivity index (χ4v) is 4.10. The number of amides is 1. The van der Waals surface area contributed by atoms with Crippen molar-refractivity contribution >= 4 is 23.5 Å². The van der Waals surface area contributed by atoms with E-state index in [1.807, 2.05) is 73.0 Å². The second-order valence-corrected chi connectivity index (χ2v) is 8.07. The first kappa shape index (κ1) is 22.1.